The van der Waals surface area contributed by atoms with Crippen LogP contribution in [0.4, 0.5) is 5.69 Å². The van der Waals surface area contributed by atoms with Gasteiger partial charge in [-0.15, -0.1) is 0 Å². The van der Waals surface area contributed by atoms with E-state index in [0.717, 1.165) is 13.1 Å². The SMILES string of the molecule is Cc1ccc2c(c1)CCCN2CC(CN)CC(C)(C)C. The molecule has 0 saturated carbocycles. The first-order valence-corrected chi connectivity index (χ1v) is 7.93. The first-order valence-electron chi connectivity index (χ1n) is 7.93. The Bertz CT molecular complexity index is 445. The maximum absolute atomic E-state index is 6.01. The molecule has 2 heteroatoms. The number of aryl methyl sites for hydroxylation is 2. The third-order valence-electron chi connectivity index (χ3n) is 4.16. The molecule has 0 saturated heterocycles. The molecule has 2 nitrogen and oxygen atoms in total. The van der Waals surface area contributed by atoms with Crippen LogP contribution in [0.1, 0.15) is 44.7 Å². The van der Waals surface area contributed by atoms with Crippen LogP contribution in [-0.4, -0.2) is 19.6 Å². The maximum Gasteiger partial charge on any atom is 0.0399 e. The lowest BCUT2D eigenvalue weighted by atomic mass is 9.84. The molecule has 0 spiro atoms. The zero-order valence-corrected chi connectivity index (χ0v) is 13.6. The number of nitrogens with zero attached hydrogens (tertiary/aromatic N) is 1. The molecule has 1 aliphatic heterocycles. The summed E-state index contributed by atoms with van der Waals surface area (Å²) in [7, 11) is 0. The Morgan fingerprint density at radius 2 is 2.05 bits per heavy atom. The van der Waals surface area contributed by atoms with Crippen molar-refractivity contribution in [1.82, 2.24) is 0 Å². The summed E-state index contributed by atoms with van der Waals surface area (Å²) in [5, 5.41) is 0. The minimum absolute atomic E-state index is 0.357. The number of anilines is 1. The number of nitrogens with two attached hydrogens (primary N) is 1. The summed E-state index contributed by atoms with van der Waals surface area (Å²) in [6.07, 6.45) is 3.69. The van der Waals surface area contributed by atoms with E-state index in [9.17, 15) is 0 Å². The van der Waals surface area contributed by atoms with Gasteiger partial charge in [0.05, 0.1) is 0 Å². The van der Waals surface area contributed by atoms with Crippen molar-refractivity contribution in [2.24, 2.45) is 17.1 Å². The Kier molecular flexibility index (Phi) is 4.74. The van der Waals surface area contributed by atoms with Gasteiger partial charge in [-0.1, -0.05) is 38.5 Å². The highest BCUT2D eigenvalue weighted by Gasteiger charge is 2.23. The van der Waals surface area contributed by atoms with Crippen molar-refractivity contribution < 1.29 is 0 Å². The highest BCUT2D eigenvalue weighted by molar-refractivity contribution is 5.56. The second-order valence-electron chi connectivity index (χ2n) is 7.55. The Balaban J connectivity index is 2.11. The van der Waals surface area contributed by atoms with Gasteiger partial charge in [0.15, 0.2) is 0 Å². The highest BCUT2D eigenvalue weighted by atomic mass is 15.1. The van der Waals surface area contributed by atoms with E-state index in [1.807, 2.05) is 0 Å². The molecule has 1 aliphatic rings. The standard InChI is InChI=1S/C18H30N2/c1-14-7-8-17-16(10-14)6-5-9-20(17)13-15(12-19)11-18(2,3)4/h7-8,10,15H,5-6,9,11-13,19H2,1-4H3. The fourth-order valence-electron chi connectivity index (χ4n) is 3.39. The number of benzene rings is 1. The molecule has 0 radical (unpaired) electrons. The quantitative estimate of drug-likeness (QED) is 0.906. The summed E-state index contributed by atoms with van der Waals surface area (Å²) >= 11 is 0. The molecule has 1 aromatic carbocycles. The van der Waals surface area contributed by atoms with Gasteiger partial charge in [-0.25, -0.2) is 0 Å². The molecule has 2 N–H and O–H groups in total. The monoisotopic (exact) mass is 274 g/mol. The van der Waals surface area contributed by atoms with Crippen molar-refractivity contribution in [3.63, 3.8) is 0 Å². The highest BCUT2D eigenvalue weighted by Crippen LogP contribution is 2.31. The van der Waals surface area contributed by atoms with E-state index < -0.39 is 0 Å². The minimum Gasteiger partial charge on any atom is -0.371 e. The largest absolute Gasteiger partial charge is 0.371 e. The third-order valence-corrected chi connectivity index (χ3v) is 4.16. The van der Waals surface area contributed by atoms with Crippen LogP contribution in [0.15, 0.2) is 18.2 Å². The van der Waals surface area contributed by atoms with Crippen molar-refractivity contribution in [3.8, 4) is 0 Å². The van der Waals surface area contributed by atoms with E-state index in [1.54, 1.807) is 0 Å². The van der Waals surface area contributed by atoms with Crippen molar-refractivity contribution in [1.29, 1.82) is 0 Å². The Hall–Kier alpha value is -1.02. The summed E-state index contributed by atoms with van der Waals surface area (Å²) in [6, 6.07) is 6.88. The average molecular weight is 274 g/mol. The lowest BCUT2D eigenvalue weighted by Gasteiger charge is -2.36. The minimum atomic E-state index is 0.357. The smallest absolute Gasteiger partial charge is 0.0399 e. The van der Waals surface area contributed by atoms with Crippen LogP contribution in [0.3, 0.4) is 0 Å². The summed E-state index contributed by atoms with van der Waals surface area (Å²) in [5.74, 6) is 0.585. The second kappa shape index (κ2) is 6.17. The van der Waals surface area contributed by atoms with E-state index in [2.05, 4.69) is 50.8 Å². The Labute approximate surface area is 124 Å². The number of rotatable bonds is 4. The van der Waals surface area contributed by atoms with Crippen molar-refractivity contribution in [2.75, 3.05) is 24.5 Å². The van der Waals surface area contributed by atoms with Gasteiger partial charge in [-0.2, -0.15) is 0 Å². The van der Waals surface area contributed by atoms with E-state index >= 15 is 0 Å². The summed E-state index contributed by atoms with van der Waals surface area (Å²) in [4.78, 5) is 2.56. The Morgan fingerprint density at radius 1 is 1.30 bits per heavy atom. The molecule has 20 heavy (non-hydrogen) atoms. The number of hydrogen-bond acceptors (Lipinski definition) is 2. The van der Waals surface area contributed by atoms with Crippen LogP contribution < -0.4 is 10.6 Å². The van der Waals surface area contributed by atoms with Crippen LogP contribution in [0.25, 0.3) is 0 Å². The normalized spacial score (nSPS) is 16.9. The molecule has 1 unspecified atom stereocenters. The van der Waals surface area contributed by atoms with Gasteiger partial charge in [0.1, 0.15) is 0 Å². The predicted molar refractivity (Wildman–Crippen MR) is 88.3 cm³/mol. The summed E-state index contributed by atoms with van der Waals surface area (Å²) < 4.78 is 0. The summed E-state index contributed by atoms with van der Waals surface area (Å²) in [6.45, 7) is 12.2. The van der Waals surface area contributed by atoms with Crippen molar-refractivity contribution >= 4 is 5.69 Å². The molecular formula is C18H30N2. The zero-order chi connectivity index (χ0) is 14.8. The van der Waals surface area contributed by atoms with Gasteiger partial charge in [-0.05, 0) is 55.7 Å². The third kappa shape index (κ3) is 3.99. The van der Waals surface area contributed by atoms with Gasteiger partial charge < -0.3 is 10.6 Å². The first-order chi connectivity index (χ1) is 9.39. The second-order valence-corrected chi connectivity index (χ2v) is 7.55. The Morgan fingerprint density at radius 3 is 2.70 bits per heavy atom. The number of fused-ring (bicyclic) bond motifs is 1. The van der Waals surface area contributed by atoms with E-state index in [4.69, 9.17) is 5.73 Å². The van der Waals surface area contributed by atoms with Crippen LogP contribution in [0, 0.1) is 18.3 Å². The lowest BCUT2D eigenvalue weighted by molar-refractivity contribution is 0.297. The fraction of sp³-hybridized carbons (Fsp3) is 0.667. The molecule has 0 aromatic heterocycles. The van der Waals surface area contributed by atoms with Crippen LogP contribution in [0.2, 0.25) is 0 Å². The van der Waals surface area contributed by atoms with Gasteiger partial charge >= 0.3 is 0 Å². The van der Waals surface area contributed by atoms with Crippen molar-refractivity contribution in [2.45, 2.75) is 47.0 Å². The molecule has 0 amide bonds. The van der Waals surface area contributed by atoms with Crippen molar-refractivity contribution in [3.05, 3.63) is 29.3 Å². The molecule has 1 aromatic rings. The lowest BCUT2D eigenvalue weighted by Crippen LogP contribution is -2.37. The van der Waals surface area contributed by atoms with Gasteiger partial charge in [0.25, 0.3) is 0 Å². The van der Waals surface area contributed by atoms with Gasteiger partial charge in [0.2, 0.25) is 0 Å². The summed E-state index contributed by atoms with van der Waals surface area (Å²) in [5.41, 5.74) is 10.7. The average Bonchev–Trinajstić information content (AvgIpc) is 2.36. The maximum atomic E-state index is 6.01. The zero-order valence-electron chi connectivity index (χ0n) is 13.6. The predicted octanol–water partition coefficient (Wildman–Crippen LogP) is 3.76. The van der Waals surface area contributed by atoms with Crippen LogP contribution >= 0.6 is 0 Å². The van der Waals surface area contributed by atoms with Crippen LogP contribution in [0.5, 0.6) is 0 Å². The first kappa shape index (κ1) is 15.4. The van der Waals surface area contributed by atoms with E-state index in [-0.39, 0.29) is 0 Å². The van der Waals surface area contributed by atoms with E-state index in [1.165, 1.54) is 42.6 Å². The molecular weight excluding hydrogens is 244 g/mol. The van der Waals surface area contributed by atoms with Gasteiger partial charge in [0, 0.05) is 18.8 Å². The van der Waals surface area contributed by atoms with Gasteiger partial charge in [-0.3, -0.25) is 0 Å². The molecule has 1 heterocycles. The molecule has 1 atom stereocenters. The molecule has 112 valence electrons. The topological polar surface area (TPSA) is 29.3 Å². The van der Waals surface area contributed by atoms with Crippen LogP contribution in [-0.2, 0) is 6.42 Å². The molecule has 0 bridgehead atoms. The molecule has 0 aliphatic carbocycles. The molecule has 2 rings (SSSR count). The van der Waals surface area contributed by atoms with E-state index in [0.29, 0.717) is 11.3 Å². The molecule has 0 fully saturated rings. The number of hydrogen-bond donors (Lipinski definition) is 1. The fourth-order valence-corrected chi connectivity index (χ4v) is 3.39.